The number of nitro groups is 1. The van der Waals surface area contributed by atoms with Crippen LogP contribution in [-0.4, -0.2) is 37.3 Å². The van der Waals surface area contributed by atoms with Crippen LogP contribution in [0.5, 0.6) is 0 Å². The molecule has 190 valence electrons. The summed E-state index contributed by atoms with van der Waals surface area (Å²) < 4.78 is 15.0. The molecular weight excluding hydrogens is 487 g/mol. The van der Waals surface area contributed by atoms with Crippen molar-refractivity contribution in [3.8, 4) is 0 Å². The zero-order valence-electron chi connectivity index (χ0n) is 20.3. The van der Waals surface area contributed by atoms with Crippen LogP contribution in [0.3, 0.4) is 0 Å². The van der Waals surface area contributed by atoms with Crippen LogP contribution in [0.4, 0.5) is 15.8 Å². The molecule has 1 unspecified atom stereocenters. The second-order valence-corrected chi connectivity index (χ2v) is 9.32. The van der Waals surface area contributed by atoms with Gasteiger partial charge in [0.2, 0.25) is 5.91 Å². The molecule has 12 heteroatoms. The SMILES string of the molecule is CCn1c(SCC(=O)Nc2cc([N+](=O)[O-])ccc2C)nnc1C(NC(=O)c1ccc(F)cc1)C(C)C. The fourth-order valence-electron chi connectivity index (χ4n) is 3.46. The Bertz CT molecular complexity index is 1260. The van der Waals surface area contributed by atoms with Gasteiger partial charge in [0.25, 0.3) is 11.6 Å². The van der Waals surface area contributed by atoms with Gasteiger partial charge in [-0.25, -0.2) is 4.39 Å². The molecule has 0 saturated heterocycles. The first-order valence-electron chi connectivity index (χ1n) is 11.3. The van der Waals surface area contributed by atoms with Gasteiger partial charge in [-0.15, -0.1) is 10.2 Å². The van der Waals surface area contributed by atoms with Gasteiger partial charge >= 0.3 is 0 Å². The van der Waals surface area contributed by atoms with E-state index in [2.05, 4.69) is 20.8 Å². The maximum Gasteiger partial charge on any atom is 0.271 e. The fourth-order valence-corrected chi connectivity index (χ4v) is 4.27. The summed E-state index contributed by atoms with van der Waals surface area (Å²) in [5, 5.41) is 25.7. The van der Waals surface area contributed by atoms with Crippen molar-refractivity contribution in [2.24, 2.45) is 5.92 Å². The Morgan fingerprint density at radius 3 is 2.47 bits per heavy atom. The van der Waals surface area contributed by atoms with E-state index < -0.39 is 16.8 Å². The van der Waals surface area contributed by atoms with Crippen molar-refractivity contribution >= 4 is 35.0 Å². The van der Waals surface area contributed by atoms with E-state index >= 15 is 0 Å². The average molecular weight is 515 g/mol. The highest BCUT2D eigenvalue weighted by molar-refractivity contribution is 7.99. The van der Waals surface area contributed by atoms with E-state index in [1.165, 1.54) is 48.2 Å². The Morgan fingerprint density at radius 1 is 1.17 bits per heavy atom. The molecule has 1 heterocycles. The molecular formula is C24H27FN6O4S. The van der Waals surface area contributed by atoms with Crippen molar-refractivity contribution in [1.82, 2.24) is 20.1 Å². The zero-order valence-corrected chi connectivity index (χ0v) is 21.1. The van der Waals surface area contributed by atoms with Crippen LogP contribution < -0.4 is 10.6 Å². The Morgan fingerprint density at radius 2 is 1.86 bits per heavy atom. The molecule has 1 atom stereocenters. The lowest BCUT2D eigenvalue weighted by Crippen LogP contribution is -2.33. The number of rotatable bonds is 10. The van der Waals surface area contributed by atoms with Crippen molar-refractivity contribution in [2.75, 3.05) is 11.1 Å². The first-order chi connectivity index (χ1) is 17.1. The van der Waals surface area contributed by atoms with Crippen LogP contribution in [0, 0.1) is 28.8 Å². The van der Waals surface area contributed by atoms with Crippen LogP contribution >= 0.6 is 11.8 Å². The molecule has 36 heavy (non-hydrogen) atoms. The molecule has 0 saturated carbocycles. The molecule has 0 aliphatic heterocycles. The van der Waals surface area contributed by atoms with Crippen LogP contribution in [0.1, 0.15) is 48.6 Å². The minimum atomic E-state index is -0.519. The molecule has 0 aliphatic carbocycles. The first-order valence-corrected chi connectivity index (χ1v) is 12.3. The topological polar surface area (TPSA) is 132 Å². The minimum absolute atomic E-state index is 0.00848. The third-order valence-electron chi connectivity index (χ3n) is 5.44. The summed E-state index contributed by atoms with van der Waals surface area (Å²) >= 11 is 1.17. The number of hydrogen-bond acceptors (Lipinski definition) is 7. The molecule has 0 bridgehead atoms. The summed E-state index contributed by atoms with van der Waals surface area (Å²) in [5.74, 6) is -0.610. The van der Waals surface area contributed by atoms with Crippen molar-refractivity contribution in [1.29, 1.82) is 0 Å². The molecule has 3 aromatic rings. The van der Waals surface area contributed by atoms with E-state index in [9.17, 15) is 24.1 Å². The lowest BCUT2D eigenvalue weighted by Gasteiger charge is -2.22. The quantitative estimate of drug-likeness (QED) is 0.231. The van der Waals surface area contributed by atoms with Gasteiger partial charge < -0.3 is 15.2 Å². The number of aryl methyl sites for hydroxylation is 1. The third kappa shape index (κ3) is 6.45. The lowest BCUT2D eigenvalue weighted by atomic mass is 10.0. The van der Waals surface area contributed by atoms with Crippen LogP contribution in [0.25, 0.3) is 0 Å². The van der Waals surface area contributed by atoms with Crippen molar-refractivity contribution in [2.45, 2.75) is 45.4 Å². The van der Waals surface area contributed by atoms with E-state index in [-0.39, 0.29) is 29.2 Å². The van der Waals surface area contributed by atoms with Gasteiger partial charge in [-0.05, 0) is 49.6 Å². The van der Waals surface area contributed by atoms with Gasteiger partial charge in [-0.2, -0.15) is 0 Å². The number of hydrogen-bond donors (Lipinski definition) is 2. The summed E-state index contributed by atoms with van der Waals surface area (Å²) in [7, 11) is 0. The molecule has 0 fully saturated rings. The van der Waals surface area contributed by atoms with Crippen molar-refractivity contribution in [3.63, 3.8) is 0 Å². The largest absolute Gasteiger partial charge is 0.342 e. The fraction of sp³-hybridized carbons (Fsp3) is 0.333. The minimum Gasteiger partial charge on any atom is -0.342 e. The summed E-state index contributed by atoms with van der Waals surface area (Å²) in [5.41, 5.74) is 1.29. The number of amides is 2. The number of nitrogens with one attached hydrogen (secondary N) is 2. The molecule has 0 radical (unpaired) electrons. The maximum atomic E-state index is 13.2. The van der Waals surface area contributed by atoms with Crippen LogP contribution in [-0.2, 0) is 11.3 Å². The Hall–Kier alpha value is -3.80. The number of carbonyl (C=O) groups excluding carboxylic acids is 2. The number of thioether (sulfide) groups is 1. The second-order valence-electron chi connectivity index (χ2n) is 8.38. The van der Waals surface area contributed by atoms with Crippen LogP contribution in [0.2, 0.25) is 0 Å². The van der Waals surface area contributed by atoms with E-state index in [0.29, 0.717) is 34.3 Å². The first kappa shape index (κ1) is 26.8. The number of anilines is 1. The monoisotopic (exact) mass is 514 g/mol. The Kier molecular flexibility index (Phi) is 8.75. The highest BCUT2D eigenvalue weighted by Gasteiger charge is 2.26. The summed E-state index contributed by atoms with van der Waals surface area (Å²) in [6, 6.07) is 9.09. The molecule has 0 spiro atoms. The number of aromatic nitrogens is 3. The maximum absolute atomic E-state index is 13.2. The number of carbonyl (C=O) groups is 2. The highest BCUT2D eigenvalue weighted by atomic mass is 32.2. The highest BCUT2D eigenvalue weighted by Crippen LogP contribution is 2.26. The van der Waals surface area contributed by atoms with Crippen LogP contribution in [0.15, 0.2) is 47.6 Å². The number of nitro benzene ring substituents is 1. The predicted octanol–water partition coefficient (Wildman–Crippen LogP) is 4.51. The summed E-state index contributed by atoms with van der Waals surface area (Å²) in [4.78, 5) is 35.8. The Balaban J connectivity index is 1.72. The zero-order chi connectivity index (χ0) is 26.4. The van der Waals surface area contributed by atoms with E-state index in [4.69, 9.17) is 0 Å². The third-order valence-corrected chi connectivity index (χ3v) is 6.40. The van der Waals surface area contributed by atoms with Gasteiger partial charge in [-0.1, -0.05) is 31.7 Å². The molecule has 2 N–H and O–H groups in total. The smallest absolute Gasteiger partial charge is 0.271 e. The molecule has 2 amide bonds. The molecule has 10 nitrogen and oxygen atoms in total. The predicted molar refractivity (Wildman–Crippen MR) is 134 cm³/mol. The number of non-ortho nitro benzene ring substituents is 1. The van der Waals surface area contributed by atoms with E-state index in [1.54, 1.807) is 13.0 Å². The summed E-state index contributed by atoms with van der Waals surface area (Å²) in [6.45, 7) is 8.03. The van der Waals surface area contributed by atoms with Crippen molar-refractivity contribution < 1.29 is 18.9 Å². The Labute approximate surface area is 211 Å². The molecule has 0 aliphatic rings. The molecule has 1 aromatic heterocycles. The average Bonchev–Trinajstić information content (AvgIpc) is 3.25. The second kappa shape index (κ2) is 11.8. The van der Waals surface area contributed by atoms with Gasteiger partial charge in [0.15, 0.2) is 11.0 Å². The number of halogens is 1. The summed E-state index contributed by atoms with van der Waals surface area (Å²) in [6.07, 6.45) is 0. The van der Waals surface area contributed by atoms with Crippen molar-refractivity contribution in [3.05, 3.63) is 75.3 Å². The molecule has 2 aromatic carbocycles. The normalized spacial score (nSPS) is 11.8. The van der Waals surface area contributed by atoms with E-state index in [0.717, 1.165) is 0 Å². The molecule has 3 rings (SSSR count). The van der Waals surface area contributed by atoms with Gasteiger partial charge in [-0.3, -0.25) is 19.7 Å². The van der Waals surface area contributed by atoms with E-state index in [1.807, 2.05) is 25.3 Å². The van der Waals surface area contributed by atoms with Gasteiger partial charge in [0.05, 0.1) is 22.4 Å². The standard InChI is InChI=1S/C24H27FN6O4S/c1-5-30-22(21(14(2)3)27-23(33)16-7-9-17(25)10-8-16)28-29-24(30)36-13-20(32)26-19-12-18(31(34)35)11-6-15(19)4/h6-12,14,21H,5,13H2,1-4H3,(H,26,32)(H,27,33). The van der Waals surface area contributed by atoms with Gasteiger partial charge in [0, 0.05) is 24.2 Å². The lowest BCUT2D eigenvalue weighted by molar-refractivity contribution is -0.384. The number of benzene rings is 2. The van der Waals surface area contributed by atoms with Gasteiger partial charge in [0.1, 0.15) is 5.82 Å². The number of nitrogens with zero attached hydrogens (tertiary/aromatic N) is 4.